The highest BCUT2D eigenvalue weighted by atomic mass is 16.5. The highest BCUT2D eigenvalue weighted by Gasteiger charge is 2.05. The van der Waals surface area contributed by atoms with E-state index >= 15 is 0 Å². The van der Waals surface area contributed by atoms with Crippen LogP contribution in [0.4, 0.5) is 5.69 Å². The summed E-state index contributed by atoms with van der Waals surface area (Å²) in [6, 6.07) is 6.12. The van der Waals surface area contributed by atoms with E-state index in [0.29, 0.717) is 6.61 Å². The van der Waals surface area contributed by atoms with E-state index in [-0.39, 0.29) is 6.10 Å². The summed E-state index contributed by atoms with van der Waals surface area (Å²) in [6.45, 7) is 4.15. The number of benzene rings is 1. The molecule has 96 valence electrons. The molecule has 17 heavy (non-hydrogen) atoms. The molecule has 0 aromatic heterocycles. The third kappa shape index (κ3) is 4.73. The number of ether oxygens (including phenoxy) is 2. The molecule has 0 spiro atoms. The van der Waals surface area contributed by atoms with E-state index in [0.717, 1.165) is 24.3 Å². The van der Waals surface area contributed by atoms with Crippen LogP contribution in [0, 0.1) is 6.92 Å². The van der Waals surface area contributed by atoms with Gasteiger partial charge in [-0.3, -0.25) is 0 Å². The first-order valence-electron chi connectivity index (χ1n) is 5.74. The molecule has 3 N–H and O–H groups in total. The van der Waals surface area contributed by atoms with E-state index in [2.05, 4.69) is 11.4 Å². The van der Waals surface area contributed by atoms with Crippen LogP contribution < -0.4 is 11.1 Å². The Kier molecular flexibility index (Phi) is 5.97. The van der Waals surface area contributed by atoms with Crippen molar-refractivity contribution in [1.82, 2.24) is 5.32 Å². The number of aryl methyl sites for hydroxylation is 1. The van der Waals surface area contributed by atoms with Crippen molar-refractivity contribution < 1.29 is 9.47 Å². The molecule has 0 aliphatic carbocycles. The number of anilines is 1. The van der Waals surface area contributed by atoms with Crippen molar-refractivity contribution in [2.75, 3.05) is 33.1 Å². The van der Waals surface area contributed by atoms with Gasteiger partial charge >= 0.3 is 0 Å². The van der Waals surface area contributed by atoms with Gasteiger partial charge in [-0.05, 0) is 24.1 Å². The lowest BCUT2D eigenvalue weighted by molar-refractivity contribution is 0.0288. The largest absolute Gasteiger partial charge is 0.399 e. The van der Waals surface area contributed by atoms with Crippen LogP contribution >= 0.6 is 0 Å². The number of nitrogen functional groups attached to an aromatic ring is 1. The predicted molar refractivity (Wildman–Crippen MR) is 70.0 cm³/mol. The summed E-state index contributed by atoms with van der Waals surface area (Å²) < 4.78 is 10.3. The maximum atomic E-state index is 5.85. The Hall–Kier alpha value is -1.10. The molecule has 1 unspecified atom stereocenters. The van der Waals surface area contributed by atoms with Crippen LogP contribution in [-0.2, 0) is 16.0 Å². The van der Waals surface area contributed by atoms with Crippen molar-refractivity contribution in [3.63, 3.8) is 0 Å². The predicted octanol–water partition coefficient (Wildman–Crippen LogP) is 1.33. The summed E-state index contributed by atoms with van der Waals surface area (Å²) in [5.41, 5.74) is 8.99. The first-order valence-corrected chi connectivity index (χ1v) is 5.74. The van der Waals surface area contributed by atoms with Crippen LogP contribution in [0.5, 0.6) is 0 Å². The minimum absolute atomic E-state index is 0.0859. The van der Waals surface area contributed by atoms with Gasteiger partial charge in [0, 0.05) is 33.0 Å². The molecule has 0 saturated carbocycles. The summed E-state index contributed by atoms with van der Waals surface area (Å²) in [7, 11) is 3.36. The van der Waals surface area contributed by atoms with Gasteiger partial charge in [-0.25, -0.2) is 0 Å². The number of nitrogens with two attached hydrogens (primary N) is 1. The number of nitrogens with one attached hydrogen (secondary N) is 1. The maximum Gasteiger partial charge on any atom is 0.0928 e. The summed E-state index contributed by atoms with van der Waals surface area (Å²) in [6.07, 6.45) is 0.0859. The average molecular weight is 238 g/mol. The molecule has 0 aliphatic heterocycles. The zero-order chi connectivity index (χ0) is 12.7. The Labute approximate surface area is 103 Å². The Balaban J connectivity index is 2.37. The Morgan fingerprint density at radius 2 is 2.12 bits per heavy atom. The first-order chi connectivity index (χ1) is 8.17. The molecule has 0 saturated heterocycles. The topological polar surface area (TPSA) is 56.5 Å². The van der Waals surface area contributed by atoms with Crippen molar-refractivity contribution in [2.24, 2.45) is 0 Å². The third-order valence-corrected chi connectivity index (χ3v) is 2.73. The molecule has 0 heterocycles. The summed E-state index contributed by atoms with van der Waals surface area (Å²) in [5, 5.41) is 3.32. The van der Waals surface area contributed by atoms with E-state index < -0.39 is 0 Å². The zero-order valence-corrected chi connectivity index (χ0v) is 10.8. The summed E-state index contributed by atoms with van der Waals surface area (Å²) in [4.78, 5) is 0. The highest BCUT2D eigenvalue weighted by molar-refractivity contribution is 5.48. The fraction of sp³-hybridized carbons (Fsp3) is 0.538. The summed E-state index contributed by atoms with van der Waals surface area (Å²) in [5.74, 6) is 0. The van der Waals surface area contributed by atoms with Crippen LogP contribution in [0.15, 0.2) is 18.2 Å². The van der Waals surface area contributed by atoms with Crippen molar-refractivity contribution in [1.29, 1.82) is 0 Å². The Morgan fingerprint density at radius 1 is 1.35 bits per heavy atom. The van der Waals surface area contributed by atoms with Gasteiger partial charge in [-0.15, -0.1) is 0 Å². The van der Waals surface area contributed by atoms with Gasteiger partial charge in [0.05, 0.1) is 12.7 Å². The summed E-state index contributed by atoms with van der Waals surface area (Å²) >= 11 is 0. The lowest BCUT2D eigenvalue weighted by atomic mass is 10.1. The second kappa shape index (κ2) is 7.27. The molecule has 1 rings (SSSR count). The lowest BCUT2D eigenvalue weighted by Gasteiger charge is -2.15. The lowest BCUT2D eigenvalue weighted by Crippen LogP contribution is -2.31. The van der Waals surface area contributed by atoms with E-state index in [1.807, 2.05) is 19.1 Å². The molecule has 0 radical (unpaired) electrons. The Morgan fingerprint density at radius 3 is 2.71 bits per heavy atom. The van der Waals surface area contributed by atoms with Gasteiger partial charge in [0.25, 0.3) is 0 Å². The number of methoxy groups -OCH3 is 2. The molecule has 1 aromatic rings. The highest BCUT2D eigenvalue weighted by Crippen LogP contribution is 2.12. The monoisotopic (exact) mass is 238 g/mol. The molecular weight excluding hydrogens is 216 g/mol. The molecule has 0 aliphatic rings. The minimum atomic E-state index is 0.0859. The number of hydrogen-bond acceptors (Lipinski definition) is 4. The van der Waals surface area contributed by atoms with Crippen molar-refractivity contribution in [3.05, 3.63) is 29.3 Å². The smallest absolute Gasteiger partial charge is 0.0928 e. The first kappa shape index (κ1) is 14.0. The second-order valence-corrected chi connectivity index (χ2v) is 4.13. The molecule has 1 atom stereocenters. The van der Waals surface area contributed by atoms with Crippen molar-refractivity contribution in [3.8, 4) is 0 Å². The van der Waals surface area contributed by atoms with Crippen LogP contribution in [0.3, 0.4) is 0 Å². The van der Waals surface area contributed by atoms with Crippen molar-refractivity contribution >= 4 is 5.69 Å². The fourth-order valence-corrected chi connectivity index (χ4v) is 1.57. The van der Waals surface area contributed by atoms with Crippen LogP contribution in [0.2, 0.25) is 0 Å². The van der Waals surface area contributed by atoms with E-state index in [9.17, 15) is 0 Å². The maximum absolute atomic E-state index is 5.85. The van der Waals surface area contributed by atoms with Crippen LogP contribution in [0.1, 0.15) is 11.1 Å². The molecular formula is C13H22N2O2. The normalized spacial score (nSPS) is 12.6. The van der Waals surface area contributed by atoms with Gasteiger partial charge < -0.3 is 20.5 Å². The van der Waals surface area contributed by atoms with E-state index in [4.69, 9.17) is 15.2 Å². The molecule has 0 bridgehead atoms. The van der Waals surface area contributed by atoms with E-state index in [1.165, 1.54) is 5.56 Å². The fourth-order valence-electron chi connectivity index (χ4n) is 1.57. The average Bonchev–Trinajstić information content (AvgIpc) is 2.32. The standard InChI is InChI=1S/C13H22N2O2/c1-10-4-5-11(6-13(10)14)7-15-8-12(17-3)9-16-2/h4-6,12,15H,7-9,14H2,1-3H3. The molecule has 0 fully saturated rings. The molecule has 0 amide bonds. The molecule has 4 nitrogen and oxygen atoms in total. The zero-order valence-electron chi connectivity index (χ0n) is 10.8. The van der Waals surface area contributed by atoms with Gasteiger partial charge in [0.1, 0.15) is 0 Å². The van der Waals surface area contributed by atoms with Crippen LogP contribution in [0.25, 0.3) is 0 Å². The third-order valence-electron chi connectivity index (χ3n) is 2.73. The van der Waals surface area contributed by atoms with E-state index in [1.54, 1.807) is 14.2 Å². The van der Waals surface area contributed by atoms with Crippen LogP contribution in [-0.4, -0.2) is 33.5 Å². The van der Waals surface area contributed by atoms with Gasteiger partial charge in [-0.2, -0.15) is 0 Å². The quantitative estimate of drug-likeness (QED) is 0.704. The van der Waals surface area contributed by atoms with Gasteiger partial charge in [0.2, 0.25) is 0 Å². The SMILES string of the molecule is COCC(CNCc1ccc(C)c(N)c1)OC. The molecule has 4 heteroatoms. The van der Waals surface area contributed by atoms with Crippen molar-refractivity contribution in [2.45, 2.75) is 19.6 Å². The van der Waals surface area contributed by atoms with Gasteiger partial charge in [-0.1, -0.05) is 12.1 Å². The molecule has 1 aromatic carbocycles. The Bertz CT molecular complexity index is 342. The second-order valence-electron chi connectivity index (χ2n) is 4.13. The minimum Gasteiger partial charge on any atom is -0.399 e. The number of hydrogen-bond donors (Lipinski definition) is 2. The van der Waals surface area contributed by atoms with Gasteiger partial charge in [0.15, 0.2) is 0 Å². The number of rotatable bonds is 7.